The van der Waals surface area contributed by atoms with Gasteiger partial charge in [0.25, 0.3) is 0 Å². The Bertz CT molecular complexity index is 367. The number of fused-ring (bicyclic) bond motifs is 4. The van der Waals surface area contributed by atoms with Crippen LogP contribution in [0.15, 0.2) is 24.3 Å². The van der Waals surface area contributed by atoms with Gasteiger partial charge in [-0.05, 0) is 31.0 Å². The van der Waals surface area contributed by atoms with Crippen molar-refractivity contribution in [2.45, 2.75) is 31.2 Å². The van der Waals surface area contributed by atoms with Gasteiger partial charge in [0.05, 0.1) is 0 Å². The van der Waals surface area contributed by atoms with E-state index in [-0.39, 0.29) is 0 Å². The normalized spacial score (nSPS) is 35.7. The molecular weight excluding hydrogens is 170 g/mol. The predicted octanol–water partition coefficient (Wildman–Crippen LogP) is 2.20. The molecule has 0 N–H and O–H groups in total. The first kappa shape index (κ1) is 8.49. The smallest absolute Gasteiger partial charge is 0.0142 e. The second kappa shape index (κ2) is 2.60. The van der Waals surface area contributed by atoms with E-state index in [0.717, 1.165) is 6.04 Å². The number of benzene rings is 1. The van der Waals surface area contributed by atoms with Crippen LogP contribution in [0.1, 0.15) is 24.5 Å². The third-order valence-corrected chi connectivity index (χ3v) is 4.03. The molecule has 0 spiro atoms. The molecule has 1 heteroatoms. The lowest BCUT2D eigenvalue weighted by molar-refractivity contribution is 0.310. The highest BCUT2D eigenvalue weighted by Gasteiger charge is 2.44. The zero-order valence-electron chi connectivity index (χ0n) is 8.96. The van der Waals surface area contributed by atoms with E-state index >= 15 is 0 Å². The molecule has 1 aliphatic heterocycles. The average molecular weight is 187 g/mol. The molecular formula is C13H17N. The largest absolute Gasteiger partial charge is 0.302 e. The fraction of sp³-hybridized carbons (Fsp3) is 0.538. The lowest BCUT2D eigenvalue weighted by atomic mass is 9.73. The summed E-state index contributed by atoms with van der Waals surface area (Å²) >= 11 is 0. The summed E-state index contributed by atoms with van der Waals surface area (Å²) in [6.45, 7) is 3.65. The minimum atomic E-state index is 0.425. The quantitative estimate of drug-likeness (QED) is 0.602. The van der Waals surface area contributed by atoms with Crippen molar-refractivity contribution >= 4 is 0 Å². The molecule has 2 aliphatic rings. The van der Waals surface area contributed by atoms with E-state index in [1.54, 1.807) is 11.1 Å². The van der Waals surface area contributed by atoms with Crippen molar-refractivity contribution in [3.8, 4) is 0 Å². The van der Waals surface area contributed by atoms with Crippen molar-refractivity contribution in [1.82, 2.24) is 4.90 Å². The fourth-order valence-corrected chi connectivity index (χ4v) is 3.38. The summed E-state index contributed by atoms with van der Waals surface area (Å²) in [6.07, 6.45) is 2.60. The zero-order chi connectivity index (χ0) is 9.76. The third kappa shape index (κ3) is 0.992. The molecule has 74 valence electrons. The molecule has 0 amide bonds. The Morgan fingerprint density at radius 1 is 1.36 bits per heavy atom. The second-order valence-electron chi connectivity index (χ2n) is 5.19. The van der Waals surface area contributed by atoms with E-state index < -0.39 is 0 Å². The van der Waals surface area contributed by atoms with Crippen LogP contribution in [0.3, 0.4) is 0 Å². The molecule has 0 aromatic heterocycles. The Hall–Kier alpha value is -0.820. The number of hydrogen-bond donors (Lipinski definition) is 0. The van der Waals surface area contributed by atoms with E-state index in [0.29, 0.717) is 5.41 Å². The maximum Gasteiger partial charge on any atom is 0.0142 e. The highest BCUT2D eigenvalue weighted by atomic mass is 15.2. The first-order valence-electron chi connectivity index (χ1n) is 5.48. The summed E-state index contributed by atoms with van der Waals surface area (Å²) in [5, 5.41) is 0. The van der Waals surface area contributed by atoms with Crippen LogP contribution in [-0.2, 0) is 11.8 Å². The van der Waals surface area contributed by atoms with Gasteiger partial charge in [0.15, 0.2) is 0 Å². The van der Waals surface area contributed by atoms with Crippen LogP contribution in [0.5, 0.6) is 0 Å². The number of likely N-dealkylation sites (N-methyl/N-ethyl adjacent to an activating group) is 1. The van der Waals surface area contributed by atoms with Crippen LogP contribution in [0.4, 0.5) is 0 Å². The maximum atomic E-state index is 2.53. The Balaban J connectivity index is 2.15. The summed E-state index contributed by atoms with van der Waals surface area (Å²) in [5.41, 5.74) is 3.60. The van der Waals surface area contributed by atoms with Gasteiger partial charge in [-0.3, -0.25) is 0 Å². The van der Waals surface area contributed by atoms with Crippen molar-refractivity contribution in [1.29, 1.82) is 0 Å². The van der Waals surface area contributed by atoms with Crippen LogP contribution >= 0.6 is 0 Å². The summed E-state index contributed by atoms with van der Waals surface area (Å²) in [5.74, 6) is 0. The van der Waals surface area contributed by atoms with Crippen molar-refractivity contribution in [3.63, 3.8) is 0 Å². The molecule has 1 aromatic carbocycles. The van der Waals surface area contributed by atoms with Gasteiger partial charge < -0.3 is 4.90 Å². The van der Waals surface area contributed by atoms with E-state index in [4.69, 9.17) is 0 Å². The lowest BCUT2D eigenvalue weighted by Crippen LogP contribution is -2.28. The molecule has 3 rings (SSSR count). The van der Waals surface area contributed by atoms with Crippen LogP contribution in [0.2, 0.25) is 0 Å². The molecule has 14 heavy (non-hydrogen) atoms. The minimum absolute atomic E-state index is 0.425. The molecule has 0 saturated carbocycles. The standard InChI is InChI=1S/C13H17N/c1-13-8-11(14(2)9-13)7-10-5-3-4-6-12(10)13/h3-6,11H,7-9H2,1-2H3. The third-order valence-electron chi connectivity index (χ3n) is 4.03. The Labute approximate surface area is 85.7 Å². The Morgan fingerprint density at radius 2 is 2.14 bits per heavy atom. The number of rotatable bonds is 0. The number of likely N-dealkylation sites (tertiary alicyclic amines) is 1. The lowest BCUT2D eigenvalue weighted by Gasteiger charge is -2.30. The van der Waals surface area contributed by atoms with E-state index in [1.807, 2.05) is 0 Å². The first-order valence-corrected chi connectivity index (χ1v) is 5.48. The van der Waals surface area contributed by atoms with Gasteiger partial charge in [-0.25, -0.2) is 0 Å². The van der Waals surface area contributed by atoms with E-state index in [1.165, 1.54) is 19.4 Å². The first-order chi connectivity index (χ1) is 6.69. The molecule has 2 atom stereocenters. The molecule has 1 aliphatic carbocycles. The van der Waals surface area contributed by atoms with Gasteiger partial charge in [-0.15, -0.1) is 0 Å². The van der Waals surface area contributed by atoms with Gasteiger partial charge in [0.1, 0.15) is 0 Å². The molecule has 2 bridgehead atoms. The van der Waals surface area contributed by atoms with Gasteiger partial charge in [0.2, 0.25) is 0 Å². The molecule has 2 unspecified atom stereocenters. The van der Waals surface area contributed by atoms with Crippen LogP contribution in [0, 0.1) is 0 Å². The molecule has 1 saturated heterocycles. The summed E-state index contributed by atoms with van der Waals surface area (Å²) in [7, 11) is 2.27. The van der Waals surface area contributed by atoms with Crippen LogP contribution < -0.4 is 0 Å². The minimum Gasteiger partial charge on any atom is -0.302 e. The van der Waals surface area contributed by atoms with Crippen molar-refractivity contribution in [2.24, 2.45) is 0 Å². The van der Waals surface area contributed by atoms with Crippen LogP contribution in [0.25, 0.3) is 0 Å². The average Bonchev–Trinajstić information content (AvgIpc) is 2.39. The Morgan fingerprint density at radius 3 is 3.00 bits per heavy atom. The highest BCUT2D eigenvalue weighted by molar-refractivity contribution is 5.39. The van der Waals surface area contributed by atoms with Gasteiger partial charge in [-0.1, -0.05) is 31.2 Å². The summed E-state index contributed by atoms with van der Waals surface area (Å²) < 4.78 is 0. The van der Waals surface area contributed by atoms with E-state index in [2.05, 4.69) is 43.1 Å². The van der Waals surface area contributed by atoms with Gasteiger partial charge in [-0.2, -0.15) is 0 Å². The molecule has 1 heterocycles. The summed E-state index contributed by atoms with van der Waals surface area (Å²) in [6, 6.07) is 9.77. The Kier molecular flexibility index (Phi) is 1.58. The summed E-state index contributed by atoms with van der Waals surface area (Å²) in [4.78, 5) is 2.53. The molecule has 0 radical (unpaired) electrons. The van der Waals surface area contributed by atoms with Crippen molar-refractivity contribution < 1.29 is 0 Å². The predicted molar refractivity (Wildman–Crippen MR) is 58.5 cm³/mol. The van der Waals surface area contributed by atoms with Gasteiger partial charge in [0, 0.05) is 18.0 Å². The van der Waals surface area contributed by atoms with Crippen molar-refractivity contribution in [2.75, 3.05) is 13.6 Å². The second-order valence-corrected chi connectivity index (χ2v) is 5.19. The maximum absolute atomic E-state index is 2.53. The molecule has 1 nitrogen and oxygen atoms in total. The van der Waals surface area contributed by atoms with Crippen molar-refractivity contribution in [3.05, 3.63) is 35.4 Å². The highest BCUT2D eigenvalue weighted by Crippen LogP contribution is 2.44. The molecule has 1 fully saturated rings. The SMILES string of the molecule is CN1CC2(C)CC1Cc1ccccc12. The van der Waals surface area contributed by atoms with E-state index in [9.17, 15) is 0 Å². The van der Waals surface area contributed by atoms with Gasteiger partial charge >= 0.3 is 0 Å². The fourth-order valence-electron chi connectivity index (χ4n) is 3.38. The number of nitrogens with zero attached hydrogens (tertiary/aromatic N) is 1. The monoisotopic (exact) mass is 187 g/mol. The number of hydrogen-bond acceptors (Lipinski definition) is 1. The van der Waals surface area contributed by atoms with Crippen LogP contribution in [-0.4, -0.2) is 24.5 Å². The zero-order valence-corrected chi connectivity index (χ0v) is 8.96. The topological polar surface area (TPSA) is 3.24 Å². The molecule has 1 aromatic rings.